The molecule has 0 bridgehead atoms. The fraction of sp³-hybridized carbons (Fsp3) is 0.143. The molecule has 0 aliphatic carbocycles. The number of carbonyl (C=O) groups is 2. The number of carbonyl (C=O) groups excluding carboxylic acids is 1. The maximum atomic E-state index is 13.0. The Morgan fingerprint density at radius 1 is 1.07 bits per heavy atom. The Labute approximate surface area is 167 Å². The second-order valence-corrected chi connectivity index (χ2v) is 8.38. The maximum Gasteiger partial charge on any atom is 0.336 e. The lowest BCUT2D eigenvalue weighted by molar-refractivity contribution is 0.0695. The lowest BCUT2D eigenvalue weighted by Gasteiger charge is -2.16. The highest BCUT2D eigenvalue weighted by Gasteiger charge is 2.31. The molecule has 2 N–H and O–H groups in total. The highest BCUT2D eigenvalue weighted by atomic mass is 32.2. The first-order valence-electron chi connectivity index (χ1n) is 9.03. The van der Waals surface area contributed by atoms with Crippen molar-refractivity contribution < 1.29 is 23.1 Å². The van der Waals surface area contributed by atoms with Crippen LogP contribution in [0.15, 0.2) is 59.5 Å². The van der Waals surface area contributed by atoms with E-state index < -0.39 is 16.0 Å². The highest BCUT2D eigenvalue weighted by Crippen LogP contribution is 2.39. The second kappa shape index (κ2) is 6.98. The lowest BCUT2D eigenvalue weighted by Crippen LogP contribution is -2.26. The van der Waals surface area contributed by atoms with E-state index in [4.69, 9.17) is 0 Å². The lowest BCUT2D eigenvalue weighted by atomic mass is 10.1. The summed E-state index contributed by atoms with van der Waals surface area (Å²) >= 11 is 0. The van der Waals surface area contributed by atoms with Gasteiger partial charge in [-0.25, -0.2) is 17.9 Å². The molecule has 1 aliphatic rings. The molecule has 0 radical (unpaired) electrons. The van der Waals surface area contributed by atoms with Gasteiger partial charge in [-0.3, -0.25) is 4.79 Å². The number of aromatic carboxylic acids is 1. The molecule has 0 fully saturated rings. The zero-order chi connectivity index (χ0) is 20.8. The Bertz CT molecular complexity index is 1270. The molecule has 29 heavy (non-hydrogen) atoms. The van der Waals surface area contributed by atoms with Crippen LogP contribution in [0.5, 0.6) is 0 Å². The van der Waals surface area contributed by atoms with Crippen LogP contribution in [-0.4, -0.2) is 31.9 Å². The summed E-state index contributed by atoms with van der Waals surface area (Å²) in [5, 5.41) is 10.4. The number of hydrogen-bond donors (Lipinski definition) is 2. The third-order valence-corrected chi connectivity index (χ3v) is 6.51. The van der Waals surface area contributed by atoms with Crippen LogP contribution < -0.4 is 9.62 Å². The minimum absolute atomic E-state index is 0.0415. The van der Waals surface area contributed by atoms with Gasteiger partial charge in [0.1, 0.15) is 0 Å². The van der Waals surface area contributed by atoms with Gasteiger partial charge in [0.2, 0.25) is 10.0 Å². The average molecular weight is 410 g/mol. The Morgan fingerprint density at radius 3 is 2.55 bits per heavy atom. The van der Waals surface area contributed by atoms with Crippen molar-refractivity contribution in [1.82, 2.24) is 4.72 Å². The van der Waals surface area contributed by atoms with Crippen LogP contribution in [0.3, 0.4) is 0 Å². The molecule has 1 amide bonds. The Balaban J connectivity index is 1.75. The first kappa shape index (κ1) is 19.1. The first-order valence-corrected chi connectivity index (χ1v) is 10.5. The number of amides is 1. The molecule has 0 spiro atoms. The standard InChI is InChI=1S/C21H18N2O5S/c1-2-23-17-10-11-18(15-8-5-9-16(19(15)17)20(23)24)29(27,28)22-12-13-6-3-4-7-14(13)21(25)26/h3-11,22H,2,12H2,1H3,(H,25,26). The number of nitrogens with one attached hydrogen (secondary N) is 1. The number of anilines is 1. The molecule has 0 saturated heterocycles. The molecule has 1 aliphatic heterocycles. The van der Waals surface area contributed by atoms with E-state index in [0.717, 1.165) is 0 Å². The van der Waals surface area contributed by atoms with Crippen LogP contribution in [0.1, 0.15) is 33.2 Å². The molecule has 0 saturated carbocycles. The van der Waals surface area contributed by atoms with Gasteiger partial charge in [-0.15, -0.1) is 0 Å². The number of carboxylic acid groups (broad SMARTS) is 1. The van der Waals surface area contributed by atoms with Gasteiger partial charge in [0.05, 0.1) is 16.1 Å². The molecule has 7 nitrogen and oxygen atoms in total. The van der Waals surface area contributed by atoms with Crippen molar-refractivity contribution in [2.75, 3.05) is 11.4 Å². The van der Waals surface area contributed by atoms with Gasteiger partial charge in [0.15, 0.2) is 0 Å². The topological polar surface area (TPSA) is 104 Å². The van der Waals surface area contributed by atoms with E-state index in [9.17, 15) is 23.1 Å². The van der Waals surface area contributed by atoms with Crippen molar-refractivity contribution in [3.8, 4) is 0 Å². The van der Waals surface area contributed by atoms with E-state index in [0.29, 0.717) is 34.1 Å². The minimum atomic E-state index is -3.95. The zero-order valence-electron chi connectivity index (χ0n) is 15.5. The van der Waals surface area contributed by atoms with Gasteiger partial charge >= 0.3 is 5.97 Å². The number of rotatable bonds is 6. The third kappa shape index (κ3) is 3.06. The van der Waals surface area contributed by atoms with Gasteiger partial charge in [0, 0.05) is 29.4 Å². The van der Waals surface area contributed by atoms with Crippen LogP contribution in [0, 0.1) is 0 Å². The van der Waals surface area contributed by atoms with Crippen molar-refractivity contribution in [2.45, 2.75) is 18.4 Å². The van der Waals surface area contributed by atoms with Gasteiger partial charge in [0.25, 0.3) is 5.91 Å². The van der Waals surface area contributed by atoms with Crippen LogP contribution in [0.4, 0.5) is 5.69 Å². The number of benzene rings is 3. The number of hydrogen-bond acceptors (Lipinski definition) is 4. The molecule has 0 unspecified atom stereocenters. The van der Waals surface area contributed by atoms with E-state index in [1.54, 1.807) is 47.4 Å². The van der Waals surface area contributed by atoms with E-state index in [1.165, 1.54) is 12.1 Å². The third-order valence-electron chi connectivity index (χ3n) is 5.05. The van der Waals surface area contributed by atoms with Gasteiger partial charge in [-0.05, 0) is 36.8 Å². The molecule has 8 heteroatoms. The summed E-state index contributed by atoms with van der Waals surface area (Å²) < 4.78 is 28.5. The number of sulfonamides is 1. The SMILES string of the molecule is CCN1C(=O)c2cccc3c(S(=O)(=O)NCc4ccccc4C(=O)O)ccc1c23. The molecule has 0 atom stereocenters. The van der Waals surface area contributed by atoms with Crippen LogP contribution in [0.25, 0.3) is 10.8 Å². The smallest absolute Gasteiger partial charge is 0.336 e. The Hall–Kier alpha value is -3.23. The molecule has 3 aromatic carbocycles. The summed E-state index contributed by atoms with van der Waals surface area (Å²) in [6.07, 6.45) is 0. The number of nitrogens with zero attached hydrogens (tertiary/aromatic N) is 1. The van der Waals surface area contributed by atoms with Crippen LogP contribution >= 0.6 is 0 Å². The van der Waals surface area contributed by atoms with Crippen molar-refractivity contribution in [1.29, 1.82) is 0 Å². The fourth-order valence-electron chi connectivity index (χ4n) is 3.70. The van der Waals surface area contributed by atoms with E-state index in [-0.39, 0.29) is 22.9 Å². The zero-order valence-corrected chi connectivity index (χ0v) is 16.4. The summed E-state index contributed by atoms with van der Waals surface area (Å²) in [4.78, 5) is 25.6. The summed E-state index contributed by atoms with van der Waals surface area (Å²) in [5.74, 6) is -1.27. The monoisotopic (exact) mass is 410 g/mol. The van der Waals surface area contributed by atoms with E-state index >= 15 is 0 Å². The van der Waals surface area contributed by atoms with E-state index in [1.807, 2.05) is 6.92 Å². The highest BCUT2D eigenvalue weighted by molar-refractivity contribution is 7.89. The largest absolute Gasteiger partial charge is 0.478 e. The molecule has 4 rings (SSSR count). The van der Waals surface area contributed by atoms with Crippen LogP contribution in [-0.2, 0) is 16.6 Å². The van der Waals surface area contributed by atoms with Gasteiger partial charge in [-0.1, -0.05) is 30.3 Å². The average Bonchev–Trinajstić information content (AvgIpc) is 2.99. The quantitative estimate of drug-likeness (QED) is 0.650. The predicted molar refractivity (Wildman–Crippen MR) is 109 cm³/mol. The van der Waals surface area contributed by atoms with Crippen molar-refractivity contribution >= 4 is 38.4 Å². The van der Waals surface area contributed by atoms with Gasteiger partial charge < -0.3 is 10.0 Å². The van der Waals surface area contributed by atoms with Crippen LogP contribution in [0.2, 0.25) is 0 Å². The molecular weight excluding hydrogens is 392 g/mol. The summed E-state index contributed by atoms with van der Waals surface area (Å²) in [6.45, 7) is 2.19. The van der Waals surface area contributed by atoms with Crippen molar-refractivity contribution in [3.63, 3.8) is 0 Å². The van der Waals surface area contributed by atoms with E-state index in [2.05, 4.69) is 4.72 Å². The van der Waals surface area contributed by atoms with Crippen molar-refractivity contribution in [2.24, 2.45) is 0 Å². The second-order valence-electron chi connectivity index (χ2n) is 6.65. The predicted octanol–water partition coefficient (Wildman–Crippen LogP) is 3.00. The minimum Gasteiger partial charge on any atom is -0.478 e. The Morgan fingerprint density at radius 2 is 1.83 bits per heavy atom. The molecule has 1 heterocycles. The van der Waals surface area contributed by atoms with Crippen molar-refractivity contribution in [3.05, 3.63) is 71.3 Å². The fourth-order valence-corrected chi connectivity index (χ4v) is 4.91. The Kier molecular flexibility index (Phi) is 4.60. The summed E-state index contributed by atoms with van der Waals surface area (Å²) in [5.41, 5.74) is 1.58. The van der Waals surface area contributed by atoms with Gasteiger partial charge in [-0.2, -0.15) is 0 Å². The molecule has 148 valence electrons. The maximum absolute atomic E-state index is 13.0. The molecular formula is C21H18N2O5S. The first-order chi connectivity index (χ1) is 13.8. The number of carboxylic acids is 1. The molecule has 3 aromatic rings. The summed E-state index contributed by atoms with van der Waals surface area (Å²) in [6, 6.07) is 14.4. The summed E-state index contributed by atoms with van der Waals surface area (Å²) in [7, 11) is -3.95. The molecule has 0 aromatic heterocycles. The normalized spacial score (nSPS) is 13.3.